The molecule has 48 heavy (non-hydrogen) atoms. The molecule has 9 aromatic rings. The topological polar surface area (TPSA) is 38.7 Å². The lowest BCUT2D eigenvalue weighted by Crippen LogP contribution is -2.01. The zero-order valence-electron chi connectivity index (χ0n) is 36.2. The van der Waals surface area contributed by atoms with Gasteiger partial charge in [0.25, 0.3) is 0 Å². The highest BCUT2D eigenvalue weighted by Gasteiger charge is 2.17. The first-order valence-electron chi connectivity index (χ1n) is 20.8. The van der Waals surface area contributed by atoms with Crippen molar-refractivity contribution >= 4 is 32.3 Å². The molecule has 0 atom stereocenters. The summed E-state index contributed by atoms with van der Waals surface area (Å²) in [7, 11) is 0. The van der Waals surface area contributed by atoms with Gasteiger partial charge in [0.2, 0.25) is 0 Å². The second kappa shape index (κ2) is 11.7. The predicted octanol–water partition coefficient (Wildman–Crippen LogP) is 11.7. The third-order valence-corrected chi connectivity index (χ3v) is 8.29. The first-order valence-corrected chi connectivity index (χ1v) is 15.3. The van der Waals surface area contributed by atoms with E-state index >= 15 is 0 Å². The summed E-state index contributed by atoms with van der Waals surface area (Å²) in [6.45, 7) is 0. The van der Waals surface area contributed by atoms with Crippen LogP contribution in [0.2, 0.25) is 0 Å². The molecule has 3 heteroatoms. The molecule has 0 spiro atoms. The van der Waals surface area contributed by atoms with Gasteiger partial charge in [0, 0.05) is 16.7 Å². The summed E-state index contributed by atoms with van der Waals surface area (Å²) in [5.74, 6) is 1.22. The molecule has 0 fully saturated rings. The molecule has 8 aromatic carbocycles. The van der Waals surface area contributed by atoms with Crippen molar-refractivity contribution in [2.24, 2.45) is 0 Å². The van der Waals surface area contributed by atoms with Crippen LogP contribution in [0.25, 0.3) is 88.7 Å². The van der Waals surface area contributed by atoms with Crippen LogP contribution in [0, 0.1) is 0 Å². The van der Waals surface area contributed by atoms with Crippen molar-refractivity contribution in [2.45, 2.75) is 0 Å². The fourth-order valence-electron chi connectivity index (χ4n) is 6.03. The highest BCUT2D eigenvalue weighted by atomic mass is 15.0. The molecule has 0 saturated heterocycles. The Labute approximate surface area is 294 Å². The minimum Gasteiger partial charge on any atom is -0.208 e. The Morgan fingerprint density at radius 3 is 1.62 bits per heavy atom. The number of fused-ring (bicyclic) bond motifs is 4. The number of aromatic nitrogens is 3. The first kappa shape index (κ1) is 18.6. The Morgan fingerprint density at radius 2 is 0.896 bits per heavy atom. The summed E-state index contributed by atoms with van der Waals surface area (Å²) in [4.78, 5) is 14.8. The number of hydrogen-bond acceptors (Lipinski definition) is 3. The van der Waals surface area contributed by atoms with E-state index in [0.717, 1.165) is 22.3 Å². The van der Waals surface area contributed by atoms with Gasteiger partial charge in [-0.15, -0.1) is 0 Å². The zero-order chi connectivity index (χ0) is 41.4. The van der Waals surface area contributed by atoms with Crippen LogP contribution in [0.5, 0.6) is 0 Å². The number of rotatable bonds is 5. The van der Waals surface area contributed by atoms with Crippen LogP contribution in [0.4, 0.5) is 0 Å². The molecule has 0 bridgehead atoms. The minimum atomic E-state index is -0.598. The SMILES string of the molecule is [2H]c1c([2H])c([2H])c2c([2H])c3c(c([2H])c([2H])c4c([2H])c([2H])c([2H])c([2H])c43)c(-c3ccc(-c4nc(-c5ccccc5)nc(-c5ccccc5-c5ccccc5)n4)cc3)c2c1[2H]. The van der Waals surface area contributed by atoms with Crippen LogP contribution < -0.4 is 0 Å². The van der Waals surface area contributed by atoms with Crippen molar-refractivity contribution in [3.05, 3.63) is 176 Å². The van der Waals surface area contributed by atoms with Gasteiger partial charge in [0.15, 0.2) is 17.5 Å². The smallest absolute Gasteiger partial charge is 0.164 e. The van der Waals surface area contributed by atoms with E-state index in [1.165, 1.54) is 0 Å². The molecule has 9 rings (SSSR count). The van der Waals surface area contributed by atoms with E-state index in [-0.39, 0.29) is 37.9 Å². The second-order valence-electron chi connectivity index (χ2n) is 11.2. The molecule has 224 valence electrons. The van der Waals surface area contributed by atoms with E-state index in [2.05, 4.69) is 0 Å². The number of hydrogen-bond donors (Lipinski definition) is 0. The van der Waals surface area contributed by atoms with Crippen molar-refractivity contribution in [1.29, 1.82) is 0 Å². The Hall–Kier alpha value is -6.45. The summed E-state index contributed by atoms with van der Waals surface area (Å²) in [5.41, 5.74) is 4.54. The Balaban J connectivity index is 1.33. The molecule has 0 aliphatic carbocycles. The van der Waals surface area contributed by atoms with Gasteiger partial charge in [-0.25, -0.2) is 15.0 Å². The molecule has 0 amide bonds. The third kappa shape index (κ3) is 4.90. The molecule has 0 N–H and O–H groups in total. The van der Waals surface area contributed by atoms with Gasteiger partial charge in [-0.2, -0.15) is 0 Å². The Morgan fingerprint density at radius 1 is 0.354 bits per heavy atom. The Bertz CT molecular complexity index is 3210. The number of benzene rings is 8. The van der Waals surface area contributed by atoms with E-state index in [4.69, 9.17) is 27.3 Å². The molecule has 3 nitrogen and oxygen atoms in total. The van der Waals surface area contributed by atoms with Gasteiger partial charge in [-0.05, 0) is 60.6 Å². The van der Waals surface area contributed by atoms with E-state index in [0.29, 0.717) is 28.6 Å². The maximum Gasteiger partial charge on any atom is 0.164 e. The highest BCUT2D eigenvalue weighted by Crippen LogP contribution is 2.40. The molecule has 0 unspecified atom stereocenters. The molecule has 0 aliphatic heterocycles. The lowest BCUT2D eigenvalue weighted by Gasteiger charge is -2.15. The lowest BCUT2D eigenvalue weighted by atomic mass is 9.89. The van der Waals surface area contributed by atoms with Crippen molar-refractivity contribution in [3.63, 3.8) is 0 Å². The molecule has 0 saturated carbocycles. The van der Waals surface area contributed by atoms with Crippen LogP contribution >= 0.6 is 0 Å². The van der Waals surface area contributed by atoms with Crippen molar-refractivity contribution in [1.82, 2.24) is 15.0 Å². The zero-order valence-corrected chi connectivity index (χ0v) is 25.2. The highest BCUT2D eigenvalue weighted by molar-refractivity contribution is 6.20. The van der Waals surface area contributed by atoms with Crippen LogP contribution in [-0.2, 0) is 0 Å². The van der Waals surface area contributed by atoms with E-state index in [1.54, 1.807) is 24.3 Å². The third-order valence-electron chi connectivity index (χ3n) is 8.29. The molecular formula is C45H29N3. The Kier molecular flexibility index (Phi) is 4.55. The van der Waals surface area contributed by atoms with Gasteiger partial charge in [0.05, 0.1) is 15.1 Å². The number of nitrogens with zero attached hydrogens (tertiary/aromatic N) is 3. The van der Waals surface area contributed by atoms with Crippen molar-refractivity contribution < 1.29 is 15.1 Å². The van der Waals surface area contributed by atoms with Gasteiger partial charge in [-0.1, -0.05) is 170 Å². The van der Waals surface area contributed by atoms with E-state index < -0.39 is 66.5 Å². The normalized spacial score (nSPS) is 14.5. The van der Waals surface area contributed by atoms with Crippen molar-refractivity contribution in [3.8, 4) is 56.4 Å². The second-order valence-corrected chi connectivity index (χ2v) is 11.2. The summed E-state index contributed by atoms with van der Waals surface area (Å²) in [5, 5.41) is -0.825. The van der Waals surface area contributed by atoms with Gasteiger partial charge < -0.3 is 0 Å². The fraction of sp³-hybridized carbons (Fsp3) is 0. The maximum absolute atomic E-state index is 9.37. The van der Waals surface area contributed by atoms with Gasteiger partial charge in [-0.3, -0.25) is 0 Å². The fourth-order valence-corrected chi connectivity index (χ4v) is 6.03. The molecular weight excluding hydrogens is 583 g/mol. The quantitative estimate of drug-likeness (QED) is 0.142. The van der Waals surface area contributed by atoms with E-state index in [9.17, 15) is 2.74 Å². The molecule has 0 aliphatic rings. The summed E-state index contributed by atoms with van der Waals surface area (Å²) in [6.07, 6.45) is 0. The van der Waals surface area contributed by atoms with E-state index in [1.807, 2.05) is 84.9 Å². The predicted molar refractivity (Wildman–Crippen MR) is 200 cm³/mol. The summed E-state index contributed by atoms with van der Waals surface area (Å²) >= 11 is 0. The molecule has 1 aromatic heterocycles. The average molecular weight is 623 g/mol. The van der Waals surface area contributed by atoms with Crippen LogP contribution in [0.15, 0.2) is 176 Å². The van der Waals surface area contributed by atoms with Crippen molar-refractivity contribution in [2.75, 3.05) is 0 Å². The maximum atomic E-state index is 9.37. The summed E-state index contributed by atoms with van der Waals surface area (Å²) in [6, 6.07) is 28.4. The van der Waals surface area contributed by atoms with Gasteiger partial charge in [0.1, 0.15) is 0 Å². The standard InChI is InChI=1S/C45H29N3/c1-3-13-30(14-4-1)36-19-11-12-22-40(36)45-47-43(33-16-5-2-6-17-33)46-44(48-45)34-25-23-32(24-26-34)42-38-21-10-8-18-35(38)29-41-37-20-9-7-15-31(37)27-28-39(41)42/h1-29H/i7D,8D,9D,10D,15D,18D,20D,21D,27D,28D,29D. The van der Waals surface area contributed by atoms with Gasteiger partial charge >= 0.3 is 0 Å². The minimum absolute atomic E-state index is 0.0471. The lowest BCUT2D eigenvalue weighted by molar-refractivity contribution is 1.07. The largest absolute Gasteiger partial charge is 0.208 e. The van der Waals surface area contributed by atoms with Crippen LogP contribution in [0.3, 0.4) is 0 Å². The first-order chi connectivity index (χ1) is 28.4. The molecule has 1 heterocycles. The summed E-state index contributed by atoms with van der Waals surface area (Å²) < 4.78 is 96.9. The van der Waals surface area contributed by atoms with Crippen LogP contribution in [-0.4, -0.2) is 15.0 Å². The average Bonchev–Trinajstić information content (AvgIpc) is 3.27. The molecule has 0 radical (unpaired) electrons. The van der Waals surface area contributed by atoms with Crippen LogP contribution in [0.1, 0.15) is 15.1 Å². The monoisotopic (exact) mass is 622 g/mol.